The minimum absolute atomic E-state index is 0.0149. The summed E-state index contributed by atoms with van der Waals surface area (Å²) >= 11 is 0. The summed E-state index contributed by atoms with van der Waals surface area (Å²) in [5.74, 6) is -2.86. The number of hydrogen-bond acceptors (Lipinski definition) is 2. The van der Waals surface area contributed by atoms with Gasteiger partial charge in [0.05, 0.1) is 0 Å². The zero-order chi connectivity index (χ0) is 22.5. The van der Waals surface area contributed by atoms with E-state index in [2.05, 4.69) is 17.2 Å². The van der Waals surface area contributed by atoms with Crippen LogP contribution in [-0.2, 0) is 9.59 Å². The molecule has 0 bridgehead atoms. The van der Waals surface area contributed by atoms with Crippen LogP contribution in [0.3, 0.4) is 0 Å². The minimum Gasteiger partial charge on any atom is -0.325 e. The maximum absolute atomic E-state index is 14.1. The van der Waals surface area contributed by atoms with Gasteiger partial charge in [0.1, 0.15) is 0 Å². The smallest absolute Gasteiger partial charge is 0.269 e. The van der Waals surface area contributed by atoms with Gasteiger partial charge in [-0.05, 0) is 66.9 Å². The molecule has 6 heteroatoms. The Balaban J connectivity index is 1.65. The molecule has 0 radical (unpaired) electrons. The highest BCUT2D eigenvalue weighted by Crippen LogP contribution is 2.54. The van der Waals surface area contributed by atoms with Gasteiger partial charge in [0.25, 0.3) is 11.8 Å². The summed E-state index contributed by atoms with van der Waals surface area (Å²) in [7, 11) is 0. The first kappa shape index (κ1) is 21.5. The molecular weight excluding hydrogens is 398 g/mol. The van der Waals surface area contributed by atoms with Crippen LogP contribution in [0.15, 0.2) is 48.1 Å². The van der Waals surface area contributed by atoms with Crippen molar-refractivity contribution in [3.05, 3.63) is 59.2 Å². The van der Waals surface area contributed by atoms with Crippen LogP contribution < -0.4 is 10.6 Å². The third kappa shape index (κ3) is 4.21. The molecule has 3 aliphatic rings. The number of rotatable bonds is 5. The molecule has 2 aliphatic carbocycles. The van der Waals surface area contributed by atoms with Crippen LogP contribution >= 0.6 is 0 Å². The van der Waals surface area contributed by atoms with Crippen molar-refractivity contribution in [2.24, 2.45) is 17.8 Å². The molecule has 0 saturated heterocycles. The largest absolute Gasteiger partial charge is 0.325 e. The third-order valence-electron chi connectivity index (χ3n) is 6.80. The number of amides is 2. The molecule has 4 rings (SSSR count). The number of hydrogen-bond donors (Lipinski definition) is 2. The molecule has 0 aromatic heterocycles. The Hall–Kier alpha value is -2.76. The lowest BCUT2D eigenvalue weighted by molar-refractivity contribution is -0.117. The number of carbonyl (C=O) groups excluding carboxylic acids is 2. The van der Waals surface area contributed by atoms with Crippen LogP contribution in [0.25, 0.3) is 0 Å². The molecule has 1 aliphatic heterocycles. The monoisotopic (exact) mass is 426 g/mol. The summed E-state index contributed by atoms with van der Waals surface area (Å²) in [4.78, 5) is 25.2. The van der Waals surface area contributed by atoms with E-state index in [1.165, 1.54) is 0 Å². The lowest BCUT2D eigenvalue weighted by atomic mass is 9.88. The van der Waals surface area contributed by atoms with Gasteiger partial charge in [-0.1, -0.05) is 38.2 Å². The number of fused-ring (bicyclic) bond motifs is 3. The molecule has 31 heavy (non-hydrogen) atoms. The first-order valence-corrected chi connectivity index (χ1v) is 10.8. The zero-order valence-electron chi connectivity index (χ0n) is 18.1. The molecule has 1 fully saturated rings. The van der Waals surface area contributed by atoms with Crippen LogP contribution in [0.4, 0.5) is 20.2 Å². The summed E-state index contributed by atoms with van der Waals surface area (Å²) in [6.07, 6.45) is 4.98. The zero-order valence-corrected chi connectivity index (χ0v) is 18.1. The summed E-state index contributed by atoms with van der Waals surface area (Å²) in [5.41, 5.74) is 4.09. The second kappa shape index (κ2) is 7.74. The standard InChI is InChI=1S/C25H28F2N2O2/c1-5-25(26,27)12-16-8-14(3)13(2)6-7-18(16)23(30)28-17-9-15(4)22-20(10-17)19-11-21(19)24(31)29-22/h5-7,9-10,13-14,19,21H,1,8,11-12H2,2-4H3,(H,28,30)(H,29,31). The fourth-order valence-electron chi connectivity index (χ4n) is 4.59. The van der Waals surface area contributed by atoms with Crippen molar-refractivity contribution >= 4 is 23.2 Å². The molecule has 164 valence electrons. The van der Waals surface area contributed by atoms with E-state index >= 15 is 0 Å². The first-order chi connectivity index (χ1) is 14.6. The fraction of sp³-hybridized carbons (Fsp3) is 0.440. The van der Waals surface area contributed by atoms with Crippen molar-refractivity contribution < 1.29 is 18.4 Å². The molecule has 4 nitrogen and oxygen atoms in total. The molecule has 1 aromatic carbocycles. The summed E-state index contributed by atoms with van der Waals surface area (Å²) in [5, 5.41) is 5.87. The maximum atomic E-state index is 14.1. The lowest BCUT2D eigenvalue weighted by Crippen LogP contribution is -2.22. The van der Waals surface area contributed by atoms with E-state index in [1.807, 2.05) is 39.0 Å². The number of benzene rings is 1. The first-order valence-electron chi connectivity index (χ1n) is 10.8. The Labute approximate surface area is 181 Å². The van der Waals surface area contributed by atoms with Gasteiger partial charge in [0, 0.05) is 29.3 Å². The van der Waals surface area contributed by atoms with E-state index in [0.29, 0.717) is 29.3 Å². The molecule has 2 N–H and O–H groups in total. The molecular formula is C25H28F2N2O2. The van der Waals surface area contributed by atoms with Crippen molar-refractivity contribution in [2.75, 3.05) is 10.6 Å². The number of anilines is 2. The Morgan fingerprint density at radius 3 is 2.77 bits per heavy atom. The van der Waals surface area contributed by atoms with Crippen molar-refractivity contribution in [3.8, 4) is 0 Å². The molecule has 1 heterocycles. The van der Waals surface area contributed by atoms with E-state index in [0.717, 1.165) is 23.2 Å². The van der Waals surface area contributed by atoms with E-state index < -0.39 is 12.3 Å². The van der Waals surface area contributed by atoms with Gasteiger partial charge in [0.15, 0.2) is 0 Å². The van der Waals surface area contributed by atoms with Crippen molar-refractivity contribution in [1.29, 1.82) is 0 Å². The second-order valence-electron chi connectivity index (χ2n) is 9.21. The van der Waals surface area contributed by atoms with Crippen LogP contribution in [0.5, 0.6) is 0 Å². The van der Waals surface area contributed by atoms with Gasteiger partial charge >= 0.3 is 0 Å². The Kier molecular flexibility index (Phi) is 5.36. The SMILES string of the molecule is C=CC(F)(F)CC1=C(C(=O)Nc2cc(C)c3c(c2)C2CC2C(=O)N3)C=CC(C)C(C)C1. The van der Waals surface area contributed by atoms with Crippen molar-refractivity contribution in [2.45, 2.75) is 51.9 Å². The summed E-state index contributed by atoms with van der Waals surface area (Å²) in [6, 6.07) is 3.71. The van der Waals surface area contributed by atoms with Gasteiger partial charge < -0.3 is 10.6 Å². The topological polar surface area (TPSA) is 58.2 Å². The average Bonchev–Trinajstić information content (AvgIpc) is 3.51. The number of alkyl halides is 2. The van der Waals surface area contributed by atoms with E-state index in [1.54, 1.807) is 6.08 Å². The quantitative estimate of drug-likeness (QED) is 0.591. The van der Waals surface area contributed by atoms with Gasteiger partial charge in [-0.3, -0.25) is 9.59 Å². The maximum Gasteiger partial charge on any atom is 0.269 e. The molecule has 0 spiro atoms. The number of aryl methyl sites for hydroxylation is 1. The normalized spacial score (nSPS) is 27.1. The van der Waals surface area contributed by atoms with E-state index in [4.69, 9.17) is 0 Å². The van der Waals surface area contributed by atoms with Gasteiger partial charge in [0.2, 0.25) is 5.91 Å². The van der Waals surface area contributed by atoms with Crippen molar-refractivity contribution in [3.63, 3.8) is 0 Å². The molecule has 4 unspecified atom stereocenters. The highest BCUT2D eigenvalue weighted by Gasteiger charge is 2.48. The van der Waals surface area contributed by atoms with E-state index in [-0.39, 0.29) is 35.5 Å². The number of halogens is 2. The third-order valence-corrected chi connectivity index (χ3v) is 6.80. The van der Waals surface area contributed by atoms with Crippen LogP contribution in [0, 0.1) is 24.7 Å². The van der Waals surface area contributed by atoms with Crippen molar-refractivity contribution in [1.82, 2.24) is 0 Å². The van der Waals surface area contributed by atoms with Gasteiger partial charge in [-0.25, -0.2) is 8.78 Å². The highest BCUT2D eigenvalue weighted by atomic mass is 19.3. The summed E-state index contributed by atoms with van der Waals surface area (Å²) < 4.78 is 28.3. The summed E-state index contributed by atoms with van der Waals surface area (Å²) in [6.45, 7) is 9.16. The predicted molar refractivity (Wildman–Crippen MR) is 118 cm³/mol. The highest BCUT2D eigenvalue weighted by molar-refractivity contribution is 6.07. The number of carbonyl (C=O) groups is 2. The Morgan fingerprint density at radius 2 is 2.06 bits per heavy atom. The van der Waals surface area contributed by atoms with Crippen LogP contribution in [0.2, 0.25) is 0 Å². The molecule has 1 aromatic rings. The van der Waals surface area contributed by atoms with Gasteiger partial charge in [-0.2, -0.15) is 0 Å². The number of allylic oxidation sites excluding steroid dienone is 3. The second-order valence-corrected chi connectivity index (χ2v) is 9.21. The van der Waals surface area contributed by atoms with E-state index in [9.17, 15) is 18.4 Å². The predicted octanol–water partition coefficient (Wildman–Crippen LogP) is 5.73. The number of nitrogens with one attached hydrogen (secondary N) is 2. The van der Waals surface area contributed by atoms with Crippen LogP contribution in [0.1, 0.15) is 50.2 Å². The Bertz CT molecular complexity index is 1020. The Morgan fingerprint density at radius 1 is 1.32 bits per heavy atom. The minimum atomic E-state index is -3.07. The molecule has 1 saturated carbocycles. The lowest BCUT2D eigenvalue weighted by Gasteiger charge is -2.21. The van der Waals surface area contributed by atoms with Crippen LogP contribution in [-0.4, -0.2) is 17.7 Å². The van der Waals surface area contributed by atoms with Gasteiger partial charge in [-0.15, -0.1) is 0 Å². The molecule has 2 amide bonds. The average molecular weight is 427 g/mol. The molecule has 4 atom stereocenters. The fourth-order valence-corrected chi connectivity index (χ4v) is 4.59.